The van der Waals surface area contributed by atoms with Gasteiger partial charge in [-0.25, -0.2) is 0 Å². The number of unbranched alkanes of at least 4 members (excludes halogenated alkanes) is 1. The molecule has 5 aromatic carbocycles. The van der Waals surface area contributed by atoms with Gasteiger partial charge in [0.15, 0.2) is 6.17 Å². The van der Waals surface area contributed by atoms with Gasteiger partial charge in [0.2, 0.25) is 76.8 Å². The molecule has 1 aliphatic rings. The SMILES string of the molecule is CC(=O)Nc1ccc(C[C@H](NC(=O)[C@H](CO)NC(=O)[C@@H](Cc2cccnc2)NC(=O)[C@@H](Cc2ccc(Cl)cc2)NC(=O)[C@@H](Cc2ccc3ccccc3c2)NC(C)=O)C(=O)N[C@H](Cc2ccc(NC(C)=O)cc2)C(=O)N[C@H](NC(=O)CC(C)C)C(=O)N[C@@H](CCCCNC(C)C)C(=O)N2CCC[C@@H]2C(=O)N[C@H](C)C(N)=O)cc1. The number of carbonyl (C=O) groups excluding carboxylic acids is 14. The van der Waals surface area contributed by atoms with Crippen LogP contribution in [0.15, 0.2) is 140 Å². The monoisotopic (exact) mass is 1570 g/mol. The molecule has 0 radical (unpaired) electrons. The van der Waals surface area contributed by atoms with Crippen molar-refractivity contribution in [2.24, 2.45) is 11.7 Å². The number of anilines is 2. The Hall–Kier alpha value is -11.7. The van der Waals surface area contributed by atoms with E-state index in [9.17, 15) is 62.6 Å². The number of aliphatic hydroxyl groups is 1. The Morgan fingerprint density at radius 1 is 0.496 bits per heavy atom. The summed E-state index contributed by atoms with van der Waals surface area (Å²) >= 11 is 6.26. The van der Waals surface area contributed by atoms with E-state index in [1.165, 1.54) is 81.4 Å². The normalized spacial score (nSPS) is 14.9. The van der Waals surface area contributed by atoms with Crippen molar-refractivity contribution >= 4 is 116 Å². The molecule has 16 N–H and O–H groups in total. The topological polar surface area (TPSA) is 458 Å². The molecule has 14 amide bonds. The summed E-state index contributed by atoms with van der Waals surface area (Å²) in [4.78, 5) is 201. The Labute approximate surface area is 661 Å². The molecule has 0 saturated carbocycles. The van der Waals surface area contributed by atoms with Crippen LogP contribution < -0.4 is 74.9 Å². The zero-order valence-electron chi connectivity index (χ0n) is 64.6. The number of amides is 14. The molecule has 2 heterocycles. The molecule has 1 saturated heterocycles. The number of fused-ring (bicyclic) bond motifs is 1. The lowest BCUT2D eigenvalue weighted by atomic mass is 9.99. The highest BCUT2D eigenvalue weighted by atomic mass is 35.5. The Morgan fingerprint density at radius 2 is 0.965 bits per heavy atom. The molecular weight excluding hydrogens is 1470 g/mol. The first kappa shape index (κ1) is 88.5. The van der Waals surface area contributed by atoms with Crippen LogP contribution in [0.1, 0.15) is 122 Å². The van der Waals surface area contributed by atoms with Crippen LogP contribution in [0.4, 0.5) is 11.4 Å². The van der Waals surface area contributed by atoms with Gasteiger partial charge < -0.3 is 84.9 Å². The van der Waals surface area contributed by atoms with Gasteiger partial charge in [-0.3, -0.25) is 72.1 Å². The second-order valence-electron chi connectivity index (χ2n) is 28.8. The fourth-order valence-electron chi connectivity index (χ4n) is 12.6. The van der Waals surface area contributed by atoms with Gasteiger partial charge >= 0.3 is 0 Å². The molecule has 10 atom stereocenters. The van der Waals surface area contributed by atoms with Crippen LogP contribution in [0.5, 0.6) is 0 Å². The molecule has 604 valence electrons. The number of aromatic nitrogens is 1. The van der Waals surface area contributed by atoms with Gasteiger partial charge in [0.05, 0.1) is 6.61 Å². The van der Waals surface area contributed by atoms with E-state index < -0.39 is 150 Å². The van der Waals surface area contributed by atoms with E-state index in [1.54, 1.807) is 62.4 Å². The molecule has 32 heteroatoms. The van der Waals surface area contributed by atoms with Crippen LogP contribution in [0.25, 0.3) is 10.8 Å². The number of primary amides is 1. The van der Waals surface area contributed by atoms with Gasteiger partial charge in [0.25, 0.3) is 5.91 Å². The maximum absolute atomic E-state index is 15.4. The molecule has 7 rings (SSSR count). The van der Waals surface area contributed by atoms with E-state index in [0.717, 1.165) is 10.8 Å². The quantitative estimate of drug-likeness (QED) is 0.0194. The lowest BCUT2D eigenvalue weighted by molar-refractivity contribution is -0.143. The van der Waals surface area contributed by atoms with Crippen LogP contribution in [0.2, 0.25) is 5.02 Å². The third kappa shape index (κ3) is 29.2. The highest BCUT2D eigenvalue weighted by molar-refractivity contribution is 6.30. The van der Waals surface area contributed by atoms with Gasteiger partial charge in [-0.05, 0) is 133 Å². The number of pyridine rings is 1. The maximum atomic E-state index is 15.4. The number of carbonyl (C=O) groups is 14. The predicted octanol–water partition coefficient (Wildman–Crippen LogP) is 2.48. The number of nitrogens with one attached hydrogen (secondary N) is 13. The molecule has 0 unspecified atom stereocenters. The third-order valence-corrected chi connectivity index (χ3v) is 18.6. The minimum absolute atomic E-state index is 0.0148. The highest BCUT2D eigenvalue weighted by Gasteiger charge is 2.41. The summed E-state index contributed by atoms with van der Waals surface area (Å²) in [6.07, 6.45) is 1.17. The maximum Gasteiger partial charge on any atom is 0.264 e. The van der Waals surface area contributed by atoms with E-state index in [1.807, 2.05) is 56.3 Å². The summed E-state index contributed by atoms with van der Waals surface area (Å²) in [5.74, 6) is -11.5. The second kappa shape index (κ2) is 43.8. The number of halogens is 1. The van der Waals surface area contributed by atoms with Crippen molar-refractivity contribution in [3.8, 4) is 0 Å². The fraction of sp³-hybridized carbons (Fsp3) is 0.420. The smallest absolute Gasteiger partial charge is 0.264 e. The Bertz CT molecular complexity index is 4320. The summed E-state index contributed by atoms with van der Waals surface area (Å²) in [6, 6.07) is 22.2. The zero-order valence-corrected chi connectivity index (χ0v) is 65.4. The van der Waals surface area contributed by atoms with Crippen molar-refractivity contribution < 1.29 is 72.2 Å². The minimum Gasteiger partial charge on any atom is -0.394 e. The molecule has 0 spiro atoms. The first-order chi connectivity index (χ1) is 53.8. The van der Waals surface area contributed by atoms with Crippen LogP contribution in [0.3, 0.4) is 0 Å². The van der Waals surface area contributed by atoms with Crippen molar-refractivity contribution in [1.29, 1.82) is 0 Å². The summed E-state index contributed by atoms with van der Waals surface area (Å²) in [5.41, 5.74) is 8.55. The van der Waals surface area contributed by atoms with Crippen molar-refractivity contribution in [3.63, 3.8) is 0 Å². The van der Waals surface area contributed by atoms with Crippen LogP contribution in [-0.4, -0.2) is 184 Å². The lowest BCUT2D eigenvalue weighted by Gasteiger charge is -2.31. The molecule has 1 aliphatic heterocycles. The molecule has 1 aromatic heterocycles. The average molecular weight is 1580 g/mol. The van der Waals surface area contributed by atoms with Crippen LogP contribution in [-0.2, 0) is 99.2 Å². The molecule has 0 bridgehead atoms. The Kier molecular flexibility index (Phi) is 34.3. The van der Waals surface area contributed by atoms with Gasteiger partial charge in [0.1, 0.15) is 54.4 Å². The fourth-order valence-corrected chi connectivity index (χ4v) is 12.8. The van der Waals surface area contributed by atoms with Crippen LogP contribution in [0, 0.1) is 5.92 Å². The lowest BCUT2D eigenvalue weighted by Crippen LogP contribution is -2.64. The Balaban J connectivity index is 1.20. The summed E-state index contributed by atoms with van der Waals surface area (Å²) in [5, 5.41) is 48.3. The molecule has 113 heavy (non-hydrogen) atoms. The minimum atomic E-state index is -1.96. The standard InChI is InChI=1S/C81H103ClN16O15/c1-46(2)37-70(103)96-72(80(112)90-62(18-11-12-35-85-47(3)4)81(113)98-36-14-19-69(98)79(111)86-48(5)71(83)104)97-77(109)66(41-54-25-32-61(33-26-54)88-50(7)101)92-75(107)65(40-53-23-30-60(31-24-53)87-49(6)100)94-78(110)68(45-99)95-76(108)67(43-56-15-13-34-84-44-56)93-74(106)64(39-52-21-28-59(82)29-22-52)91-73(105)63(89-51(8)102)42-55-20-27-57-16-9-10-17-58(57)38-55/h9-10,13,15-17,20-34,38,44,46-48,62-69,72,85,99H,11-12,14,18-19,35-37,39-43,45H2,1-8H3,(H2,83,104)(H,86,111)(H,87,100)(H,88,101)(H,89,102)(H,90,112)(H,91,105)(H,92,107)(H,93,106)(H,94,110)(H,95,108)(H,96,103)(H,97,109)/t48-,62+,63-,64-,65+,66-,67-,68+,69-,72+/m1/s1. The van der Waals surface area contributed by atoms with E-state index in [0.29, 0.717) is 70.0 Å². The van der Waals surface area contributed by atoms with E-state index in [4.69, 9.17) is 17.3 Å². The van der Waals surface area contributed by atoms with Gasteiger partial charge in [0, 0.05) is 101 Å². The third-order valence-electron chi connectivity index (χ3n) is 18.4. The number of nitrogens with zero attached hydrogens (tertiary/aromatic N) is 2. The average Bonchev–Trinajstić information content (AvgIpc) is 1.69. The number of nitrogens with two attached hydrogens (primary N) is 1. The first-order valence-corrected chi connectivity index (χ1v) is 38.0. The molecule has 1 fully saturated rings. The summed E-state index contributed by atoms with van der Waals surface area (Å²) in [7, 11) is 0. The number of hydrogen-bond donors (Lipinski definition) is 15. The van der Waals surface area contributed by atoms with Crippen LogP contribution >= 0.6 is 11.6 Å². The number of likely N-dealkylation sites (tertiary alicyclic amines) is 1. The van der Waals surface area contributed by atoms with Crippen molar-refractivity contribution in [3.05, 3.63) is 173 Å². The largest absolute Gasteiger partial charge is 0.394 e. The molecule has 31 nitrogen and oxygen atoms in total. The first-order valence-electron chi connectivity index (χ1n) is 37.6. The predicted molar refractivity (Wildman–Crippen MR) is 424 cm³/mol. The van der Waals surface area contributed by atoms with E-state index >= 15 is 9.59 Å². The Morgan fingerprint density at radius 3 is 1.45 bits per heavy atom. The van der Waals surface area contributed by atoms with Crippen molar-refractivity contribution in [2.45, 2.75) is 193 Å². The summed E-state index contributed by atoms with van der Waals surface area (Å²) < 4.78 is 0. The van der Waals surface area contributed by atoms with Gasteiger partial charge in [-0.2, -0.15) is 0 Å². The van der Waals surface area contributed by atoms with Crippen molar-refractivity contribution in [1.82, 2.24) is 68.4 Å². The molecule has 6 aromatic rings. The van der Waals surface area contributed by atoms with Crippen molar-refractivity contribution in [2.75, 3.05) is 30.3 Å². The second-order valence-corrected chi connectivity index (χ2v) is 29.2. The number of benzene rings is 5. The molecular formula is C81H103ClN16O15. The number of rotatable bonds is 41. The number of hydrogen-bond acceptors (Lipinski definition) is 17. The zero-order chi connectivity index (χ0) is 82.4. The molecule has 0 aliphatic carbocycles. The van der Waals surface area contributed by atoms with Gasteiger partial charge in [-0.1, -0.05) is 124 Å². The summed E-state index contributed by atoms with van der Waals surface area (Å²) in [6.45, 7) is 12.2. The van der Waals surface area contributed by atoms with E-state index in [2.05, 4.69) is 74.1 Å². The number of aliphatic hydroxyl groups excluding tert-OH is 1. The highest BCUT2D eigenvalue weighted by Crippen LogP contribution is 2.23. The van der Waals surface area contributed by atoms with E-state index in [-0.39, 0.29) is 69.9 Å². The van der Waals surface area contributed by atoms with Gasteiger partial charge in [-0.15, -0.1) is 0 Å².